The van der Waals surface area contributed by atoms with Crippen LogP contribution >= 0.6 is 0 Å². The number of aromatic nitrogens is 2. The molecule has 1 aromatic heterocycles. The molecule has 3 rings (SSSR count). The predicted molar refractivity (Wildman–Crippen MR) is 138 cm³/mol. The van der Waals surface area contributed by atoms with Crippen LogP contribution in [0.15, 0.2) is 42.9 Å². The van der Waals surface area contributed by atoms with E-state index in [-0.39, 0.29) is 24.3 Å². The Balaban J connectivity index is 1.77. The first-order valence-corrected chi connectivity index (χ1v) is 12.6. The van der Waals surface area contributed by atoms with Crippen molar-refractivity contribution < 1.29 is 28.6 Å². The van der Waals surface area contributed by atoms with E-state index < -0.39 is 28.8 Å². The summed E-state index contributed by atoms with van der Waals surface area (Å²) in [4.78, 5) is 44.2. The maximum atomic E-state index is 13.0. The number of nitrogens with zero attached hydrogens (tertiary/aromatic N) is 3. The van der Waals surface area contributed by atoms with Crippen molar-refractivity contribution >= 4 is 18.2 Å². The molecule has 1 saturated carbocycles. The minimum Gasteiger partial charge on any atom is -0.468 e. The zero-order valence-electron chi connectivity index (χ0n) is 23.1. The van der Waals surface area contributed by atoms with Crippen LogP contribution in [0.3, 0.4) is 0 Å². The van der Waals surface area contributed by atoms with Crippen LogP contribution in [-0.4, -0.2) is 57.5 Å². The Morgan fingerprint density at radius 3 is 2.14 bits per heavy atom. The summed E-state index contributed by atoms with van der Waals surface area (Å²) < 4.78 is 18.0. The van der Waals surface area contributed by atoms with E-state index in [1.807, 2.05) is 48.0 Å². The van der Waals surface area contributed by atoms with Crippen LogP contribution in [0.4, 0.5) is 9.59 Å². The number of rotatable bonds is 7. The molecular weight excluding hydrogens is 474 g/mol. The maximum Gasteiger partial charge on any atom is 0.419 e. The first-order chi connectivity index (χ1) is 17.2. The van der Waals surface area contributed by atoms with Gasteiger partial charge in [0.1, 0.15) is 16.6 Å². The fourth-order valence-electron chi connectivity index (χ4n) is 4.51. The summed E-state index contributed by atoms with van der Waals surface area (Å²) in [5.41, 5.74) is -0.807. The fourth-order valence-corrected chi connectivity index (χ4v) is 4.51. The second-order valence-electron chi connectivity index (χ2n) is 11.7. The van der Waals surface area contributed by atoms with Gasteiger partial charge in [0.05, 0.1) is 19.1 Å². The van der Waals surface area contributed by atoms with Crippen LogP contribution in [0, 0.1) is 11.8 Å². The molecule has 0 radical (unpaired) electrons. The third-order valence-corrected chi connectivity index (χ3v) is 6.38. The molecule has 2 amide bonds. The molecule has 9 nitrogen and oxygen atoms in total. The summed E-state index contributed by atoms with van der Waals surface area (Å²) in [7, 11) is 1.38. The number of para-hydroxylation sites is 1. The summed E-state index contributed by atoms with van der Waals surface area (Å²) >= 11 is 0. The van der Waals surface area contributed by atoms with Gasteiger partial charge < -0.3 is 18.8 Å². The van der Waals surface area contributed by atoms with Crippen LogP contribution in [0.1, 0.15) is 67.0 Å². The van der Waals surface area contributed by atoms with Gasteiger partial charge in [0, 0.05) is 18.4 Å². The smallest absolute Gasteiger partial charge is 0.419 e. The second-order valence-corrected chi connectivity index (χ2v) is 11.7. The van der Waals surface area contributed by atoms with Gasteiger partial charge in [-0.3, -0.25) is 4.79 Å². The molecule has 2 aromatic rings. The Hall–Kier alpha value is -3.36. The Labute approximate surface area is 219 Å². The van der Waals surface area contributed by atoms with E-state index in [1.54, 1.807) is 47.9 Å². The first kappa shape index (κ1) is 28.2. The van der Waals surface area contributed by atoms with Crippen LogP contribution in [0.5, 0.6) is 0 Å². The van der Waals surface area contributed by atoms with Crippen molar-refractivity contribution in [3.05, 3.63) is 48.5 Å². The Morgan fingerprint density at radius 1 is 1.05 bits per heavy atom. The van der Waals surface area contributed by atoms with Crippen LogP contribution in [-0.2, 0) is 24.4 Å². The molecule has 9 heteroatoms. The van der Waals surface area contributed by atoms with E-state index in [2.05, 4.69) is 4.98 Å². The normalized spacial score (nSPS) is 20.1. The van der Waals surface area contributed by atoms with Gasteiger partial charge in [-0.05, 0) is 78.4 Å². The summed E-state index contributed by atoms with van der Waals surface area (Å²) in [6, 6.07) is 9.74. The molecular formula is C28H39N3O6. The van der Waals surface area contributed by atoms with Crippen LogP contribution in [0.25, 0.3) is 5.69 Å². The lowest BCUT2D eigenvalue weighted by atomic mass is 9.91. The molecule has 3 atom stereocenters. The number of carbonyl (C=O) groups excluding carboxylic acids is 3. The monoisotopic (exact) mass is 513 g/mol. The number of carbonyl (C=O) groups is 3. The zero-order valence-corrected chi connectivity index (χ0v) is 23.1. The highest BCUT2D eigenvalue weighted by Crippen LogP contribution is 2.59. The molecule has 0 saturated heterocycles. The van der Waals surface area contributed by atoms with Gasteiger partial charge in [-0.1, -0.05) is 25.1 Å². The molecule has 0 aliphatic heterocycles. The molecule has 1 aromatic carbocycles. The SMILES string of the molecule is COC(=O)[C@]1(c2cn(-c3ccccc3)cn2)C[C@@H]1C(C)CCN(C(=O)OC(C)(C)C)C(=O)OC(C)(C)C. The Bertz CT molecular complexity index is 1090. The number of amides is 2. The minimum atomic E-state index is -0.864. The van der Waals surface area contributed by atoms with Gasteiger partial charge in [-0.2, -0.15) is 0 Å². The van der Waals surface area contributed by atoms with E-state index in [0.29, 0.717) is 18.5 Å². The topological polar surface area (TPSA) is 100.0 Å². The Kier molecular flexibility index (Phi) is 8.05. The van der Waals surface area contributed by atoms with Crippen LogP contribution < -0.4 is 0 Å². The number of imidazole rings is 1. The van der Waals surface area contributed by atoms with Gasteiger partial charge in [-0.15, -0.1) is 0 Å². The summed E-state index contributed by atoms with van der Waals surface area (Å²) in [6.45, 7) is 12.5. The van der Waals surface area contributed by atoms with E-state index in [9.17, 15) is 14.4 Å². The molecule has 1 aliphatic carbocycles. The van der Waals surface area contributed by atoms with Gasteiger partial charge in [0.25, 0.3) is 0 Å². The standard InChI is InChI=1S/C28H39N3O6/c1-19(14-15-31(24(33)36-26(2,3)4)25(34)37-27(5,6)7)21-16-28(21,23(32)35-8)22-17-30(18-29-22)20-12-10-9-11-13-20/h9-13,17-19,21H,14-16H2,1-8H3/t19?,21-,28-/m1/s1. The molecule has 1 fully saturated rings. The third kappa shape index (κ3) is 6.70. The summed E-state index contributed by atoms with van der Waals surface area (Å²) in [6.07, 6.45) is 3.08. The third-order valence-electron chi connectivity index (χ3n) is 6.38. The maximum absolute atomic E-state index is 13.0. The minimum absolute atomic E-state index is 0.0200. The van der Waals surface area contributed by atoms with E-state index in [4.69, 9.17) is 14.2 Å². The fraction of sp³-hybridized carbons (Fsp3) is 0.571. The highest BCUT2D eigenvalue weighted by atomic mass is 16.6. The molecule has 1 heterocycles. The van der Waals surface area contributed by atoms with Gasteiger partial charge in [0.15, 0.2) is 0 Å². The van der Waals surface area contributed by atoms with Crippen molar-refractivity contribution in [3.63, 3.8) is 0 Å². The average Bonchev–Trinajstić information content (AvgIpc) is 3.36. The average molecular weight is 514 g/mol. The molecule has 0 N–H and O–H groups in total. The number of esters is 1. The molecule has 1 unspecified atom stereocenters. The van der Waals surface area contributed by atoms with Crippen molar-refractivity contribution in [3.8, 4) is 5.69 Å². The number of benzene rings is 1. The van der Waals surface area contributed by atoms with Crippen molar-refractivity contribution in [1.29, 1.82) is 0 Å². The van der Waals surface area contributed by atoms with Crippen molar-refractivity contribution in [1.82, 2.24) is 14.5 Å². The summed E-state index contributed by atoms with van der Waals surface area (Å²) in [5.74, 6) is -0.412. The number of methoxy groups -OCH3 is 1. The van der Waals surface area contributed by atoms with Crippen LogP contribution in [0.2, 0.25) is 0 Å². The quantitative estimate of drug-likeness (QED) is 0.356. The number of hydrogen-bond donors (Lipinski definition) is 0. The Morgan fingerprint density at radius 2 is 1.62 bits per heavy atom. The van der Waals surface area contributed by atoms with E-state index in [0.717, 1.165) is 10.6 Å². The predicted octanol–water partition coefficient (Wildman–Crippen LogP) is 5.50. The van der Waals surface area contributed by atoms with Crippen molar-refractivity contribution in [2.75, 3.05) is 13.7 Å². The van der Waals surface area contributed by atoms with E-state index >= 15 is 0 Å². The molecule has 202 valence electrons. The first-order valence-electron chi connectivity index (χ1n) is 12.6. The number of ether oxygens (including phenoxy) is 3. The molecule has 37 heavy (non-hydrogen) atoms. The van der Waals surface area contributed by atoms with E-state index in [1.165, 1.54) is 7.11 Å². The van der Waals surface area contributed by atoms with Gasteiger partial charge in [-0.25, -0.2) is 19.5 Å². The lowest BCUT2D eigenvalue weighted by molar-refractivity contribution is -0.144. The second kappa shape index (κ2) is 10.6. The van der Waals surface area contributed by atoms with Gasteiger partial charge in [0.2, 0.25) is 0 Å². The van der Waals surface area contributed by atoms with Crippen molar-refractivity contribution in [2.45, 2.75) is 77.9 Å². The highest BCUT2D eigenvalue weighted by molar-refractivity contribution is 5.88. The lowest BCUT2D eigenvalue weighted by Crippen LogP contribution is -2.44. The lowest BCUT2D eigenvalue weighted by Gasteiger charge is -2.29. The summed E-state index contributed by atoms with van der Waals surface area (Å²) in [5, 5.41) is 0. The number of imide groups is 1. The highest BCUT2D eigenvalue weighted by Gasteiger charge is 2.65. The largest absolute Gasteiger partial charge is 0.468 e. The van der Waals surface area contributed by atoms with Gasteiger partial charge >= 0.3 is 18.2 Å². The number of hydrogen-bond acceptors (Lipinski definition) is 7. The van der Waals surface area contributed by atoms with Crippen molar-refractivity contribution in [2.24, 2.45) is 11.8 Å². The molecule has 0 bridgehead atoms. The molecule has 0 spiro atoms. The molecule has 1 aliphatic rings. The zero-order chi connectivity index (χ0) is 27.6.